The molecule has 3 aliphatic carbocycles. The van der Waals surface area contributed by atoms with Crippen LogP contribution >= 0.6 is 0 Å². The van der Waals surface area contributed by atoms with Crippen LogP contribution in [-0.4, -0.2) is 108 Å². The third kappa shape index (κ3) is 7.97. The van der Waals surface area contributed by atoms with E-state index in [-0.39, 0.29) is 57.8 Å². The van der Waals surface area contributed by atoms with Crippen molar-refractivity contribution in [3.63, 3.8) is 0 Å². The van der Waals surface area contributed by atoms with Gasteiger partial charge in [-0.3, -0.25) is 24.0 Å². The molecule has 4 saturated heterocycles. The molecule has 7 fully saturated rings. The van der Waals surface area contributed by atoms with Gasteiger partial charge in [-0.25, -0.2) is 0 Å². The Morgan fingerprint density at radius 3 is 2.53 bits per heavy atom. The van der Waals surface area contributed by atoms with Gasteiger partial charge in [-0.05, 0) is 94.6 Å². The van der Waals surface area contributed by atoms with Crippen LogP contribution in [0.4, 0.5) is 0 Å². The fourth-order valence-corrected chi connectivity index (χ4v) is 10.8. The van der Waals surface area contributed by atoms with Crippen LogP contribution in [-0.2, 0) is 54.2 Å². The molecule has 11 unspecified atom stereocenters. The van der Waals surface area contributed by atoms with Crippen molar-refractivity contribution in [2.24, 2.45) is 22.7 Å². The second-order valence-corrected chi connectivity index (χ2v) is 19.5. The van der Waals surface area contributed by atoms with Crippen molar-refractivity contribution in [3.8, 4) is 0 Å². The van der Waals surface area contributed by atoms with Crippen molar-refractivity contribution >= 4 is 29.8 Å². The molecule has 3 saturated carbocycles. The second kappa shape index (κ2) is 15.6. The predicted octanol–water partition coefficient (Wildman–Crippen LogP) is 4.11. The molecule has 0 radical (unpaired) electrons. The Hall–Kier alpha value is -3.40. The number of nitrogens with one attached hydrogen (secondary N) is 2. The summed E-state index contributed by atoms with van der Waals surface area (Å²) in [4.78, 5) is 59.8. The number of carbonyl (C=O) groups is 4. The molecule has 7 aliphatic rings. The van der Waals surface area contributed by atoms with Gasteiger partial charge in [0, 0.05) is 25.8 Å². The van der Waals surface area contributed by atoms with Crippen LogP contribution < -0.4 is 10.6 Å². The van der Waals surface area contributed by atoms with Gasteiger partial charge in [0.05, 0.1) is 30.9 Å². The van der Waals surface area contributed by atoms with Gasteiger partial charge in [0.1, 0.15) is 42.2 Å². The average molecular weight is 808 g/mol. The number of benzene rings is 1. The molecular formula is C44H61N3O11. The highest BCUT2D eigenvalue weighted by Gasteiger charge is 2.74. The zero-order valence-electron chi connectivity index (χ0n) is 34.8. The number of ether oxygens (including phenoxy) is 5. The Morgan fingerprint density at radius 1 is 1.05 bits per heavy atom. The smallest absolute Gasteiger partial charge is 0.327 e. The third-order valence-corrected chi connectivity index (χ3v) is 13.9. The summed E-state index contributed by atoms with van der Waals surface area (Å²) in [5.41, 5.74) is 1.94. The van der Waals surface area contributed by atoms with Crippen LogP contribution in [0.5, 0.6) is 0 Å². The Bertz CT molecular complexity index is 1790. The number of epoxide rings is 1. The highest BCUT2D eigenvalue weighted by Crippen LogP contribution is 2.60. The fourth-order valence-electron chi connectivity index (χ4n) is 10.8. The van der Waals surface area contributed by atoms with E-state index < -0.39 is 71.3 Å². The Kier molecular flexibility index (Phi) is 11.1. The molecule has 4 heterocycles. The Balaban J connectivity index is 0.930. The number of esters is 2. The van der Waals surface area contributed by atoms with E-state index in [0.29, 0.717) is 23.4 Å². The molecule has 3 N–H and O–H groups in total. The molecule has 8 rings (SSSR count). The molecule has 0 spiro atoms. The number of aliphatic hydroxyl groups excluding tert-OH is 1. The maximum absolute atomic E-state index is 14.4. The van der Waals surface area contributed by atoms with Crippen molar-refractivity contribution in [3.05, 3.63) is 41.0 Å². The SMILES string of the molecule is CC(C)(C)OC(=O)CCC(CO)NC(=O)CCNC(=O)C12CC3OC(=O)C1N(Cc1ccc(C=C4CCC5OC5(C)CCC5C4CC5(C)C)cc1)OC2C1OCOC31. The minimum absolute atomic E-state index is 0.00516. The van der Waals surface area contributed by atoms with Gasteiger partial charge >= 0.3 is 11.9 Å². The average Bonchev–Trinajstić information content (AvgIpc) is 3.44. The molecule has 2 amide bonds. The molecule has 2 bridgehead atoms. The fraction of sp³-hybridized carbons (Fsp3) is 0.727. The van der Waals surface area contributed by atoms with Gasteiger partial charge in [0.15, 0.2) is 6.04 Å². The molecule has 14 heteroatoms. The van der Waals surface area contributed by atoms with Crippen molar-refractivity contribution < 1.29 is 52.8 Å². The van der Waals surface area contributed by atoms with E-state index in [1.165, 1.54) is 18.4 Å². The number of nitrogens with zero attached hydrogens (tertiary/aromatic N) is 1. The van der Waals surface area contributed by atoms with Gasteiger partial charge in [-0.1, -0.05) is 49.8 Å². The van der Waals surface area contributed by atoms with Crippen LogP contribution in [0.15, 0.2) is 29.8 Å². The molecule has 58 heavy (non-hydrogen) atoms. The van der Waals surface area contributed by atoms with Crippen molar-refractivity contribution in [1.29, 1.82) is 0 Å². The van der Waals surface area contributed by atoms with Crippen LogP contribution in [0, 0.1) is 22.7 Å². The predicted molar refractivity (Wildman–Crippen MR) is 209 cm³/mol. The summed E-state index contributed by atoms with van der Waals surface area (Å²) in [6, 6.07) is 6.61. The molecule has 1 aromatic carbocycles. The van der Waals surface area contributed by atoms with Crippen molar-refractivity contribution in [2.45, 2.75) is 160 Å². The number of amides is 2. The van der Waals surface area contributed by atoms with Gasteiger partial charge in [0.25, 0.3) is 0 Å². The number of hydroxylamine groups is 2. The minimum atomic E-state index is -1.35. The van der Waals surface area contributed by atoms with Gasteiger partial charge < -0.3 is 39.4 Å². The standard InChI is InChI=1S/C44H61N3O11/c1-41(2,3)57-34(50)14-12-28(23-48)46-33(49)16-18-45-40(52)44-21-31-35-36(54-24-53-35)38(44)58-47(37(44)39(51)55-31)22-26-9-7-25(8-10-26)19-27-11-13-32-43(6,56-32)17-15-30-29(27)20-42(30,4)5/h7-10,19,28-32,35-38,48H,11-18,20-24H2,1-6H3,(H,45,52)(H,46,49). The first-order valence-electron chi connectivity index (χ1n) is 21.2. The van der Waals surface area contributed by atoms with E-state index in [9.17, 15) is 24.3 Å². The van der Waals surface area contributed by atoms with Gasteiger partial charge in [-0.15, -0.1) is 0 Å². The van der Waals surface area contributed by atoms with E-state index in [1.54, 1.807) is 25.8 Å². The van der Waals surface area contributed by atoms with Crippen LogP contribution in [0.2, 0.25) is 0 Å². The second-order valence-electron chi connectivity index (χ2n) is 19.5. The highest BCUT2D eigenvalue weighted by atomic mass is 16.8. The summed E-state index contributed by atoms with van der Waals surface area (Å²) in [5, 5.41) is 17.0. The van der Waals surface area contributed by atoms with Gasteiger partial charge in [-0.2, -0.15) is 5.06 Å². The van der Waals surface area contributed by atoms with E-state index in [0.717, 1.165) is 30.4 Å². The van der Waals surface area contributed by atoms with Crippen LogP contribution in [0.25, 0.3) is 6.08 Å². The van der Waals surface area contributed by atoms with E-state index in [1.807, 2.05) is 12.1 Å². The lowest BCUT2D eigenvalue weighted by atomic mass is 9.52. The number of hydrogen-bond acceptors (Lipinski definition) is 12. The lowest BCUT2D eigenvalue weighted by Crippen LogP contribution is -2.69. The van der Waals surface area contributed by atoms with E-state index in [4.69, 9.17) is 28.5 Å². The topological polar surface area (TPSA) is 174 Å². The molecule has 0 aromatic heterocycles. The monoisotopic (exact) mass is 807 g/mol. The quantitative estimate of drug-likeness (QED) is 0.204. The van der Waals surface area contributed by atoms with Crippen LogP contribution in [0.1, 0.15) is 110 Å². The summed E-state index contributed by atoms with van der Waals surface area (Å²) in [6.45, 7) is 12.2. The number of allylic oxidation sites excluding steroid dienone is 1. The molecule has 11 atom stereocenters. The van der Waals surface area contributed by atoms with Crippen molar-refractivity contribution in [1.82, 2.24) is 15.7 Å². The summed E-state index contributed by atoms with van der Waals surface area (Å²) in [7, 11) is 0. The molecule has 1 aromatic rings. The van der Waals surface area contributed by atoms with Crippen LogP contribution in [0.3, 0.4) is 0 Å². The Morgan fingerprint density at radius 2 is 1.81 bits per heavy atom. The molecule has 318 valence electrons. The number of fused-ring (bicyclic) bond motifs is 6. The largest absolute Gasteiger partial charge is 0.460 e. The summed E-state index contributed by atoms with van der Waals surface area (Å²) in [5.74, 6) is -0.570. The molecule has 4 aliphatic heterocycles. The normalized spacial score (nSPS) is 37.1. The lowest BCUT2D eigenvalue weighted by molar-refractivity contribution is -0.201. The first-order chi connectivity index (χ1) is 27.5. The maximum Gasteiger partial charge on any atom is 0.327 e. The molecule has 14 nitrogen and oxygen atoms in total. The number of carbonyl (C=O) groups excluding carboxylic acids is 4. The zero-order valence-corrected chi connectivity index (χ0v) is 34.8. The Labute approximate surface area is 341 Å². The summed E-state index contributed by atoms with van der Waals surface area (Å²) >= 11 is 0. The highest BCUT2D eigenvalue weighted by molar-refractivity contribution is 5.94. The lowest BCUT2D eigenvalue weighted by Gasteiger charge is -2.53. The number of rotatable bonds is 12. The maximum atomic E-state index is 14.4. The zero-order chi connectivity index (χ0) is 41.2. The minimum Gasteiger partial charge on any atom is -0.460 e. The summed E-state index contributed by atoms with van der Waals surface area (Å²) in [6.07, 6.45) is 5.95. The third-order valence-electron chi connectivity index (χ3n) is 13.9. The van der Waals surface area contributed by atoms with Crippen molar-refractivity contribution in [2.75, 3.05) is 19.9 Å². The number of aliphatic hydroxyl groups is 1. The summed E-state index contributed by atoms with van der Waals surface area (Å²) < 4.78 is 29.2. The first-order valence-corrected chi connectivity index (χ1v) is 21.2. The van der Waals surface area contributed by atoms with E-state index >= 15 is 0 Å². The first kappa shape index (κ1) is 41.3. The van der Waals surface area contributed by atoms with E-state index in [2.05, 4.69) is 49.6 Å². The molecular weight excluding hydrogens is 746 g/mol. The number of hydrogen-bond donors (Lipinski definition) is 3. The van der Waals surface area contributed by atoms with Gasteiger partial charge in [0.2, 0.25) is 11.8 Å².